The van der Waals surface area contributed by atoms with Gasteiger partial charge in [0.25, 0.3) is 0 Å². The van der Waals surface area contributed by atoms with Crippen molar-refractivity contribution in [3.05, 3.63) is 23.5 Å². The van der Waals surface area contributed by atoms with E-state index >= 15 is 0 Å². The standard InChI is InChI=1S/C10H15NO/c1-7(2)10(12)9-6-5-8(3)11(9)4/h5-7H,1-4H3. The number of Topliss-reactive ketones (excluding diaryl/α,β-unsaturated/α-hetero) is 1. The first-order chi connectivity index (χ1) is 5.54. The van der Waals surface area contributed by atoms with E-state index in [0.717, 1.165) is 11.4 Å². The lowest BCUT2D eigenvalue weighted by Crippen LogP contribution is -2.12. The summed E-state index contributed by atoms with van der Waals surface area (Å²) in [5, 5.41) is 0. The Morgan fingerprint density at radius 1 is 1.42 bits per heavy atom. The number of aryl methyl sites for hydroxylation is 1. The largest absolute Gasteiger partial charge is 0.346 e. The Morgan fingerprint density at radius 2 is 2.00 bits per heavy atom. The van der Waals surface area contributed by atoms with Crippen LogP contribution < -0.4 is 0 Å². The minimum atomic E-state index is 0.0815. The van der Waals surface area contributed by atoms with Crippen molar-refractivity contribution in [1.29, 1.82) is 0 Å². The lowest BCUT2D eigenvalue weighted by molar-refractivity contribution is 0.0931. The van der Waals surface area contributed by atoms with E-state index in [2.05, 4.69) is 0 Å². The molecule has 1 aromatic heterocycles. The Kier molecular flexibility index (Phi) is 2.36. The van der Waals surface area contributed by atoms with Crippen LogP contribution in [0, 0.1) is 12.8 Å². The molecule has 1 aromatic rings. The second-order valence-corrected chi connectivity index (χ2v) is 3.44. The van der Waals surface area contributed by atoms with Gasteiger partial charge >= 0.3 is 0 Å². The summed E-state index contributed by atoms with van der Waals surface area (Å²) in [5.41, 5.74) is 1.93. The highest BCUT2D eigenvalue weighted by Crippen LogP contribution is 2.11. The quantitative estimate of drug-likeness (QED) is 0.615. The minimum Gasteiger partial charge on any atom is -0.346 e. The van der Waals surface area contributed by atoms with Crippen molar-refractivity contribution in [2.75, 3.05) is 0 Å². The highest BCUT2D eigenvalue weighted by Gasteiger charge is 2.13. The van der Waals surface area contributed by atoms with Gasteiger partial charge in [-0.1, -0.05) is 13.8 Å². The van der Waals surface area contributed by atoms with Gasteiger partial charge in [-0.15, -0.1) is 0 Å². The Morgan fingerprint density at radius 3 is 2.33 bits per heavy atom. The van der Waals surface area contributed by atoms with Crippen molar-refractivity contribution in [1.82, 2.24) is 4.57 Å². The molecular formula is C10H15NO. The Hall–Kier alpha value is -1.05. The monoisotopic (exact) mass is 165 g/mol. The van der Waals surface area contributed by atoms with E-state index in [1.54, 1.807) is 0 Å². The maximum absolute atomic E-state index is 11.6. The lowest BCUT2D eigenvalue weighted by Gasteiger charge is -2.06. The van der Waals surface area contributed by atoms with Gasteiger partial charge in [-0.3, -0.25) is 4.79 Å². The van der Waals surface area contributed by atoms with E-state index < -0.39 is 0 Å². The average Bonchev–Trinajstić information content (AvgIpc) is 2.32. The van der Waals surface area contributed by atoms with Gasteiger partial charge in [-0.2, -0.15) is 0 Å². The first-order valence-electron chi connectivity index (χ1n) is 4.20. The lowest BCUT2D eigenvalue weighted by atomic mass is 10.1. The van der Waals surface area contributed by atoms with Gasteiger partial charge in [-0.05, 0) is 19.1 Å². The average molecular weight is 165 g/mol. The minimum absolute atomic E-state index is 0.0815. The van der Waals surface area contributed by atoms with E-state index in [-0.39, 0.29) is 11.7 Å². The summed E-state index contributed by atoms with van der Waals surface area (Å²) in [5.74, 6) is 0.295. The molecule has 0 aliphatic carbocycles. The van der Waals surface area contributed by atoms with Crippen LogP contribution in [0.2, 0.25) is 0 Å². The molecule has 0 amide bonds. The fourth-order valence-electron chi connectivity index (χ4n) is 1.16. The zero-order chi connectivity index (χ0) is 9.30. The van der Waals surface area contributed by atoms with Gasteiger partial charge < -0.3 is 4.57 Å². The normalized spacial score (nSPS) is 10.8. The van der Waals surface area contributed by atoms with E-state index in [0.29, 0.717) is 0 Å². The number of nitrogens with zero attached hydrogens (tertiary/aromatic N) is 1. The molecular weight excluding hydrogens is 150 g/mol. The molecule has 0 spiro atoms. The highest BCUT2D eigenvalue weighted by atomic mass is 16.1. The van der Waals surface area contributed by atoms with Crippen molar-refractivity contribution in [3.8, 4) is 0 Å². The zero-order valence-corrected chi connectivity index (χ0v) is 8.09. The van der Waals surface area contributed by atoms with Crippen molar-refractivity contribution in [3.63, 3.8) is 0 Å². The van der Waals surface area contributed by atoms with Crippen LogP contribution in [-0.2, 0) is 7.05 Å². The number of hydrogen-bond acceptors (Lipinski definition) is 1. The maximum Gasteiger partial charge on any atom is 0.181 e. The molecule has 0 N–H and O–H groups in total. The second kappa shape index (κ2) is 3.13. The molecule has 0 radical (unpaired) electrons. The van der Waals surface area contributed by atoms with Crippen LogP contribution in [0.25, 0.3) is 0 Å². The molecule has 1 rings (SSSR count). The van der Waals surface area contributed by atoms with E-state index in [9.17, 15) is 4.79 Å². The van der Waals surface area contributed by atoms with Gasteiger partial charge in [0.15, 0.2) is 5.78 Å². The predicted octanol–water partition coefficient (Wildman–Crippen LogP) is 2.17. The maximum atomic E-state index is 11.6. The molecule has 0 saturated carbocycles. The third-order valence-electron chi connectivity index (χ3n) is 2.15. The summed E-state index contributed by atoms with van der Waals surface area (Å²) >= 11 is 0. The number of hydrogen-bond donors (Lipinski definition) is 0. The Balaban J connectivity index is 3.04. The molecule has 0 fully saturated rings. The first kappa shape index (κ1) is 9.04. The number of carbonyl (C=O) groups excluding carboxylic acids is 1. The SMILES string of the molecule is Cc1ccc(C(=O)C(C)C)n1C. The van der Waals surface area contributed by atoms with Crippen molar-refractivity contribution < 1.29 is 4.79 Å². The number of carbonyl (C=O) groups is 1. The molecule has 12 heavy (non-hydrogen) atoms. The summed E-state index contributed by atoms with van der Waals surface area (Å²) in [6, 6.07) is 3.85. The van der Waals surface area contributed by atoms with Crippen LogP contribution in [0.5, 0.6) is 0 Å². The number of aromatic nitrogens is 1. The van der Waals surface area contributed by atoms with Crippen molar-refractivity contribution in [2.24, 2.45) is 13.0 Å². The van der Waals surface area contributed by atoms with Gasteiger partial charge in [0.1, 0.15) is 0 Å². The fourth-order valence-corrected chi connectivity index (χ4v) is 1.16. The van der Waals surface area contributed by atoms with Crippen LogP contribution in [0.15, 0.2) is 12.1 Å². The fraction of sp³-hybridized carbons (Fsp3) is 0.500. The molecule has 0 bridgehead atoms. The molecule has 0 aliphatic heterocycles. The smallest absolute Gasteiger partial charge is 0.181 e. The molecule has 2 nitrogen and oxygen atoms in total. The van der Waals surface area contributed by atoms with E-state index in [4.69, 9.17) is 0 Å². The van der Waals surface area contributed by atoms with Crippen LogP contribution in [0.3, 0.4) is 0 Å². The Bertz CT molecular complexity index is 297. The van der Waals surface area contributed by atoms with Crippen LogP contribution >= 0.6 is 0 Å². The molecule has 1 heterocycles. The summed E-state index contributed by atoms with van der Waals surface area (Å²) in [6.45, 7) is 5.84. The summed E-state index contributed by atoms with van der Waals surface area (Å²) in [6.07, 6.45) is 0. The molecule has 0 aliphatic rings. The van der Waals surface area contributed by atoms with Crippen LogP contribution in [0.4, 0.5) is 0 Å². The molecule has 0 atom stereocenters. The highest BCUT2D eigenvalue weighted by molar-refractivity contribution is 5.96. The van der Waals surface area contributed by atoms with E-state index in [1.165, 1.54) is 0 Å². The van der Waals surface area contributed by atoms with Gasteiger partial charge in [-0.25, -0.2) is 0 Å². The first-order valence-corrected chi connectivity index (χ1v) is 4.20. The summed E-state index contributed by atoms with van der Waals surface area (Å²) in [7, 11) is 1.92. The Labute approximate surface area is 73.2 Å². The van der Waals surface area contributed by atoms with E-state index in [1.807, 2.05) is 44.5 Å². The van der Waals surface area contributed by atoms with Gasteiger partial charge in [0, 0.05) is 18.7 Å². The number of ketones is 1. The third kappa shape index (κ3) is 1.42. The van der Waals surface area contributed by atoms with Gasteiger partial charge in [0.05, 0.1) is 5.69 Å². The topological polar surface area (TPSA) is 22.0 Å². The summed E-state index contributed by atoms with van der Waals surface area (Å²) < 4.78 is 1.93. The zero-order valence-electron chi connectivity index (χ0n) is 8.09. The van der Waals surface area contributed by atoms with Crippen molar-refractivity contribution in [2.45, 2.75) is 20.8 Å². The molecule has 2 heteroatoms. The van der Waals surface area contributed by atoms with Crippen LogP contribution in [-0.4, -0.2) is 10.4 Å². The summed E-state index contributed by atoms with van der Waals surface area (Å²) in [4.78, 5) is 11.6. The molecule has 0 unspecified atom stereocenters. The van der Waals surface area contributed by atoms with Crippen molar-refractivity contribution >= 4 is 5.78 Å². The molecule has 0 saturated heterocycles. The second-order valence-electron chi connectivity index (χ2n) is 3.44. The third-order valence-corrected chi connectivity index (χ3v) is 2.15. The number of rotatable bonds is 2. The predicted molar refractivity (Wildman–Crippen MR) is 49.3 cm³/mol. The molecule has 0 aromatic carbocycles. The van der Waals surface area contributed by atoms with Crippen LogP contribution in [0.1, 0.15) is 30.0 Å². The van der Waals surface area contributed by atoms with Gasteiger partial charge in [0.2, 0.25) is 0 Å². The molecule has 66 valence electrons.